The third-order valence-electron chi connectivity index (χ3n) is 0.946. The molecule has 0 fully saturated rings. The summed E-state index contributed by atoms with van der Waals surface area (Å²) in [5.41, 5.74) is 1.16. The van der Waals surface area contributed by atoms with Crippen molar-refractivity contribution >= 4 is 0 Å². The van der Waals surface area contributed by atoms with Crippen LogP contribution >= 0.6 is 0 Å². The molecule has 0 unspecified atom stereocenters. The Morgan fingerprint density at radius 3 is 2.12 bits per heavy atom. The van der Waals surface area contributed by atoms with Crippen LogP contribution in [0.1, 0.15) is 13.8 Å². The van der Waals surface area contributed by atoms with Crippen LogP contribution in [0.4, 0.5) is 0 Å². The van der Waals surface area contributed by atoms with E-state index >= 15 is 0 Å². The first-order valence-electron chi connectivity index (χ1n) is 2.82. The summed E-state index contributed by atoms with van der Waals surface area (Å²) in [5, 5.41) is 3.03. The van der Waals surface area contributed by atoms with Gasteiger partial charge >= 0.3 is 0 Å². The molecule has 0 saturated carbocycles. The molecule has 0 aromatic heterocycles. The standard InChI is InChI=1S/C7H13N/c1-4-6-7(5-2)8-3/h4-6,8H,1-3H3/b6-4+,7-5-. The molecule has 8 heavy (non-hydrogen) atoms. The maximum atomic E-state index is 3.03. The molecular weight excluding hydrogens is 98.1 g/mol. The van der Waals surface area contributed by atoms with E-state index in [1.54, 1.807) is 0 Å². The maximum absolute atomic E-state index is 3.03. The van der Waals surface area contributed by atoms with Crippen LogP contribution in [-0.2, 0) is 0 Å². The van der Waals surface area contributed by atoms with Gasteiger partial charge in [-0.15, -0.1) is 0 Å². The highest BCUT2D eigenvalue weighted by Gasteiger charge is 1.76. The van der Waals surface area contributed by atoms with Gasteiger partial charge in [0.2, 0.25) is 0 Å². The Balaban J connectivity index is 3.72. The number of hydrogen-bond acceptors (Lipinski definition) is 1. The van der Waals surface area contributed by atoms with Gasteiger partial charge < -0.3 is 5.32 Å². The summed E-state index contributed by atoms with van der Waals surface area (Å²) in [6, 6.07) is 0. The van der Waals surface area contributed by atoms with Crippen LogP contribution in [0.15, 0.2) is 23.9 Å². The van der Waals surface area contributed by atoms with Crippen molar-refractivity contribution in [1.82, 2.24) is 5.32 Å². The lowest BCUT2D eigenvalue weighted by atomic mass is 10.4. The molecule has 0 saturated heterocycles. The van der Waals surface area contributed by atoms with E-state index in [4.69, 9.17) is 0 Å². The lowest BCUT2D eigenvalue weighted by Crippen LogP contribution is -2.01. The second kappa shape index (κ2) is 4.44. The molecule has 0 amide bonds. The third-order valence-corrected chi connectivity index (χ3v) is 0.946. The molecule has 0 aliphatic heterocycles. The van der Waals surface area contributed by atoms with Gasteiger partial charge in [-0.05, 0) is 19.9 Å². The van der Waals surface area contributed by atoms with E-state index in [1.807, 2.05) is 39.1 Å². The molecule has 46 valence electrons. The highest BCUT2D eigenvalue weighted by atomic mass is 14.8. The minimum Gasteiger partial charge on any atom is -0.388 e. The van der Waals surface area contributed by atoms with Crippen LogP contribution < -0.4 is 5.32 Å². The van der Waals surface area contributed by atoms with Crippen LogP contribution in [0.3, 0.4) is 0 Å². The topological polar surface area (TPSA) is 12.0 Å². The molecule has 1 heteroatoms. The van der Waals surface area contributed by atoms with Crippen molar-refractivity contribution in [2.75, 3.05) is 7.05 Å². The predicted molar refractivity (Wildman–Crippen MR) is 37.6 cm³/mol. The fourth-order valence-electron chi connectivity index (χ4n) is 0.503. The number of likely N-dealkylation sites (N-methyl/N-ethyl adjacent to an activating group) is 1. The van der Waals surface area contributed by atoms with Gasteiger partial charge in [0.05, 0.1) is 0 Å². The Hall–Kier alpha value is -0.720. The Morgan fingerprint density at radius 1 is 1.38 bits per heavy atom. The summed E-state index contributed by atoms with van der Waals surface area (Å²) in [6.07, 6.45) is 6.06. The molecule has 0 spiro atoms. The van der Waals surface area contributed by atoms with E-state index in [9.17, 15) is 0 Å². The van der Waals surface area contributed by atoms with Crippen LogP contribution in [0.25, 0.3) is 0 Å². The summed E-state index contributed by atoms with van der Waals surface area (Å²) in [4.78, 5) is 0. The van der Waals surface area contributed by atoms with Crippen molar-refractivity contribution in [3.8, 4) is 0 Å². The van der Waals surface area contributed by atoms with Gasteiger partial charge in [-0.2, -0.15) is 0 Å². The molecule has 0 aliphatic carbocycles. The fraction of sp³-hybridized carbons (Fsp3) is 0.429. The Kier molecular flexibility index (Phi) is 4.04. The lowest BCUT2D eigenvalue weighted by molar-refractivity contribution is 1.03. The van der Waals surface area contributed by atoms with Crippen molar-refractivity contribution in [3.63, 3.8) is 0 Å². The zero-order valence-corrected chi connectivity index (χ0v) is 5.73. The number of allylic oxidation sites excluding steroid dienone is 3. The van der Waals surface area contributed by atoms with Crippen molar-refractivity contribution in [1.29, 1.82) is 0 Å². The van der Waals surface area contributed by atoms with Gasteiger partial charge in [-0.25, -0.2) is 0 Å². The molecule has 1 nitrogen and oxygen atoms in total. The van der Waals surface area contributed by atoms with Crippen molar-refractivity contribution in [3.05, 3.63) is 23.9 Å². The summed E-state index contributed by atoms with van der Waals surface area (Å²) in [5.74, 6) is 0. The molecule has 0 bridgehead atoms. The van der Waals surface area contributed by atoms with Crippen molar-refractivity contribution < 1.29 is 0 Å². The first-order valence-corrected chi connectivity index (χ1v) is 2.82. The molecule has 0 rings (SSSR count). The number of hydrogen-bond donors (Lipinski definition) is 1. The SMILES string of the molecule is C/C=C(/C=C/C)NC. The minimum atomic E-state index is 1.16. The normalized spacial score (nSPS) is 12.6. The van der Waals surface area contributed by atoms with Gasteiger partial charge in [0.1, 0.15) is 0 Å². The summed E-state index contributed by atoms with van der Waals surface area (Å²) < 4.78 is 0. The van der Waals surface area contributed by atoms with Crippen LogP contribution in [0, 0.1) is 0 Å². The highest BCUT2D eigenvalue weighted by molar-refractivity contribution is 5.14. The monoisotopic (exact) mass is 111 g/mol. The predicted octanol–water partition coefficient (Wildman–Crippen LogP) is 1.69. The van der Waals surface area contributed by atoms with Crippen LogP contribution in [0.5, 0.6) is 0 Å². The average Bonchev–Trinajstić information content (AvgIpc) is 1.83. The molecule has 0 aromatic carbocycles. The molecule has 0 aliphatic rings. The van der Waals surface area contributed by atoms with Gasteiger partial charge in [0.15, 0.2) is 0 Å². The minimum absolute atomic E-state index is 1.16. The second-order valence-corrected chi connectivity index (χ2v) is 1.49. The van der Waals surface area contributed by atoms with E-state index in [0.29, 0.717) is 0 Å². The summed E-state index contributed by atoms with van der Waals surface area (Å²) in [6.45, 7) is 4.01. The molecule has 0 heterocycles. The van der Waals surface area contributed by atoms with Crippen molar-refractivity contribution in [2.24, 2.45) is 0 Å². The quantitative estimate of drug-likeness (QED) is 0.535. The maximum Gasteiger partial charge on any atom is 0.0290 e. The Labute approximate surface area is 51.1 Å². The number of rotatable bonds is 2. The third kappa shape index (κ3) is 2.45. The van der Waals surface area contributed by atoms with Gasteiger partial charge in [-0.1, -0.05) is 12.2 Å². The van der Waals surface area contributed by atoms with Gasteiger partial charge in [0, 0.05) is 12.7 Å². The largest absolute Gasteiger partial charge is 0.388 e. The zero-order valence-electron chi connectivity index (χ0n) is 5.73. The van der Waals surface area contributed by atoms with Crippen molar-refractivity contribution in [2.45, 2.75) is 13.8 Å². The molecule has 1 N–H and O–H groups in total. The molecular formula is C7H13N. The fourth-order valence-corrected chi connectivity index (χ4v) is 0.503. The lowest BCUT2D eigenvalue weighted by Gasteiger charge is -1.95. The van der Waals surface area contributed by atoms with E-state index < -0.39 is 0 Å². The Bertz CT molecular complexity index is 98.2. The molecule has 0 atom stereocenters. The highest BCUT2D eigenvalue weighted by Crippen LogP contribution is 1.87. The molecule has 0 radical (unpaired) electrons. The number of nitrogens with one attached hydrogen (secondary N) is 1. The van der Waals surface area contributed by atoms with Gasteiger partial charge in [-0.3, -0.25) is 0 Å². The second-order valence-electron chi connectivity index (χ2n) is 1.49. The first-order chi connectivity index (χ1) is 3.85. The summed E-state index contributed by atoms with van der Waals surface area (Å²) >= 11 is 0. The Morgan fingerprint density at radius 2 is 2.00 bits per heavy atom. The smallest absolute Gasteiger partial charge is 0.0290 e. The summed E-state index contributed by atoms with van der Waals surface area (Å²) in [7, 11) is 1.91. The average molecular weight is 111 g/mol. The van der Waals surface area contributed by atoms with Gasteiger partial charge in [0.25, 0.3) is 0 Å². The molecule has 0 aromatic rings. The van der Waals surface area contributed by atoms with E-state index in [2.05, 4.69) is 5.32 Å². The van der Waals surface area contributed by atoms with Crippen LogP contribution in [0.2, 0.25) is 0 Å². The zero-order chi connectivity index (χ0) is 6.41. The van der Waals surface area contributed by atoms with E-state index in [-0.39, 0.29) is 0 Å². The van der Waals surface area contributed by atoms with E-state index in [0.717, 1.165) is 5.70 Å². The van der Waals surface area contributed by atoms with E-state index in [1.165, 1.54) is 0 Å². The first kappa shape index (κ1) is 7.28. The van der Waals surface area contributed by atoms with Crippen LogP contribution in [-0.4, -0.2) is 7.05 Å².